The molecule has 3 nitrogen and oxygen atoms in total. The number of hydrogen-bond donors (Lipinski definition) is 1. The maximum Gasteiger partial charge on any atom is 0.441 e. The van der Waals surface area contributed by atoms with Gasteiger partial charge in [-0.25, -0.2) is 0 Å². The minimum Gasteiger partial charge on any atom is -0.481 e. The first-order valence-corrected chi connectivity index (χ1v) is 5.88. The number of alkyl halides is 3. The van der Waals surface area contributed by atoms with Crippen LogP contribution >= 0.6 is 11.8 Å². The maximum absolute atomic E-state index is 11.9. The Kier molecular flexibility index (Phi) is 4.12. The van der Waals surface area contributed by atoms with Gasteiger partial charge < -0.3 is 10.0 Å². The van der Waals surface area contributed by atoms with Crippen LogP contribution in [0, 0.1) is 5.41 Å². The quantitative estimate of drug-likeness (QED) is 0.836. The molecule has 7 heteroatoms. The number of likely N-dealkylation sites (tertiary alicyclic amines) is 1. The van der Waals surface area contributed by atoms with Crippen molar-refractivity contribution in [3.05, 3.63) is 0 Å². The normalized spacial score (nSPS) is 27.2. The van der Waals surface area contributed by atoms with E-state index in [1.54, 1.807) is 11.8 Å². The van der Waals surface area contributed by atoms with Crippen molar-refractivity contribution in [2.24, 2.45) is 5.41 Å². The second-order valence-corrected chi connectivity index (χ2v) is 5.35. The topological polar surface area (TPSA) is 40.5 Å². The molecule has 1 atom stereocenters. The first-order valence-electron chi connectivity index (χ1n) is 4.89. The van der Waals surface area contributed by atoms with E-state index in [4.69, 9.17) is 5.11 Å². The van der Waals surface area contributed by atoms with Gasteiger partial charge in [-0.3, -0.25) is 4.79 Å². The number of hydrogen-bond acceptors (Lipinski definition) is 3. The summed E-state index contributed by atoms with van der Waals surface area (Å²) in [7, 11) is 0. The summed E-state index contributed by atoms with van der Waals surface area (Å²) in [6.07, 6.45) is 0.499. The van der Waals surface area contributed by atoms with E-state index in [9.17, 15) is 18.0 Å². The lowest BCUT2D eigenvalue weighted by molar-refractivity contribution is -0.147. The van der Waals surface area contributed by atoms with E-state index < -0.39 is 16.9 Å². The molecule has 1 heterocycles. The van der Waals surface area contributed by atoms with Gasteiger partial charge in [0.25, 0.3) is 0 Å². The number of aliphatic carboxylic acids is 1. The van der Waals surface area contributed by atoms with Crippen LogP contribution in [0.25, 0.3) is 0 Å². The monoisotopic (exact) mass is 257 g/mol. The summed E-state index contributed by atoms with van der Waals surface area (Å²) in [5.41, 5.74) is -5.00. The fourth-order valence-electron chi connectivity index (χ4n) is 1.71. The predicted octanol–water partition coefficient (Wildman–Crippen LogP) is 2.04. The minimum atomic E-state index is -4.20. The van der Waals surface area contributed by atoms with Gasteiger partial charge in [-0.15, -0.1) is 0 Å². The van der Waals surface area contributed by atoms with Crippen molar-refractivity contribution in [1.29, 1.82) is 0 Å². The third-order valence-electron chi connectivity index (χ3n) is 2.74. The van der Waals surface area contributed by atoms with E-state index in [2.05, 4.69) is 0 Å². The standard InChI is InChI=1S/C9H14F3NO2S/c1-8(7(14)15)2-3-13(6-8)4-5-16-9(10,11)12/h2-6H2,1H3,(H,14,15). The van der Waals surface area contributed by atoms with E-state index >= 15 is 0 Å². The van der Waals surface area contributed by atoms with Crippen molar-refractivity contribution in [3.63, 3.8) is 0 Å². The van der Waals surface area contributed by atoms with Crippen LogP contribution in [0.2, 0.25) is 0 Å². The molecule has 94 valence electrons. The SMILES string of the molecule is CC1(C(=O)O)CCN(CCSC(F)(F)F)C1. The zero-order valence-corrected chi connectivity index (χ0v) is 9.70. The second-order valence-electron chi connectivity index (χ2n) is 4.19. The number of carboxylic acid groups (broad SMARTS) is 1. The first-order chi connectivity index (χ1) is 7.23. The fraction of sp³-hybridized carbons (Fsp3) is 0.889. The van der Waals surface area contributed by atoms with Gasteiger partial charge >= 0.3 is 11.5 Å². The average molecular weight is 257 g/mol. The number of carboxylic acids is 1. The molecule has 0 aromatic rings. The molecule has 1 unspecified atom stereocenters. The maximum atomic E-state index is 11.9. The van der Waals surface area contributed by atoms with Crippen LogP contribution in [0.3, 0.4) is 0 Å². The third kappa shape index (κ3) is 3.86. The molecule has 1 rings (SSSR count). The van der Waals surface area contributed by atoms with Crippen molar-refractivity contribution in [1.82, 2.24) is 4.90 Å². The Morgan fingerprint density at radius 1 is 1.56 bits per heavy atom. The lowest BCUT2D eigenvalue weighted by Crippen LogP contribution is -2.32. The number of rotatable bonds is 4. The van der Waals surface area contributed by atoms with Crippen LogP contribution in [-0.2, 0) is 4.79 Å². The molecule has 0 radical (unpaired) electrons. The summed E-state index contributed by atoms with van der Waals surface area (Å²) in [5.74, 6) is -0.919. The van der Waals surface area contributed by atoms with Crippen molar-refractivity contribution in [3.8, 4) is 0 Å². The van der Waals surface area contributed by atoms with Gasteiger partial charge in [-0.2, -0.15) is 13.2 Å². The fourth-order valence-corrected chi connectivity index (χ4v) is 2.29. The molecular formula is C9H14F3NO2S. The summed E-state index contributed by atoms with van der Waals surface area (Å²) >= 11 is -0.0601. The molecule has 1 aliphatic heterocycles. The van der Waals surface area contributed by atoms with E-state index in [0.29, 0.717) is 19.5 Å². The van der Waals surface area contributed by atoms with Gasteiger partial charge in [-0.1, -0.05) is 0 Å². The summed E-state index contributed by atoms with van der Waals surface area (Å²) in [6, 6.07) is 0. The molecule has 1 saturated heterocycles. The number of carbonyl (C=O) groups is 1. The Balaban J connectivity index is 2.30. The smallest absolute Gasteiger partial charge is 0.441 e. The molecule has 1 N–H and O–H groups in total. The van der Waals surface area contributed by atoms with E-state index in [-0.39, 0.29) is 24.1 Å². The van der Waals surface area contributed by atoms with Crippen molar-refractivity contribution >= 4 is 17.7 Å². The predicted molar refractivity (Wildman–Crippen MR) is 55.3 cm³/mol. The third-order valence-corrected chi connectivity index (χ3v) is 3.46. The number of thioether (sulfide) groups is 1. The zero-order valence-electron chi connectivity index (χ0n) is 8.88. The molecule has 0 aromatic heterocycles. The average Bonchev–Trinajstić information content (AvgIpc) is 2.47. The highest BCUT2D eigenvalue weighted by Crippen LogP contribution is 2.32. The van der Waals surface area contributed by atoms with Crippen molar-refractivity contribution in [2.75, 3.05) is 25.4 Å². The van der Waals surface area contributed by atoms with E-state index in [1.807, 2.05) is 0 Å². The van der Waals surface area contributed by atoms with Gasteiger partial charge in [0.15, 0.2) is 0 Å². The molecule has 0 amide bonds. The largest absolute Gasteiger partial charge is 0.481 e. The lowest BCUT2D eigenvalue weighted by Gasteiger charge is -2.19. The molecule has 0 saturated carbocycles. The molecular weight excluding hydrogens is 243 g/mol. The number of halogens is 3. The van der Waals surface area contributed by atoms with Crippen LogP contribution in [0.4, 0.5) is 13.2 Å². The van der Waals surface area contributed by atoms with Gasteiger partial charge in [0.2, 0.25) is 0 Å². The highest BCUT2D eigenvalue weighted by Gasteiger charge is 2.40. The van der Waals surface area contributed by atoms with Crippen LogP contribution < -0.4 is 0 Å². The Labute approximate surface area is 96.0 Å². The first kappa shape index (κ1) is 13.6. The molecule has 0 spiro atoms. The van der Waals surface area contributed by atoms with Crippen LogP contribution in [-0.4, -0.2) is 46.9 Å². The minimum absolute atomic E-state index is 0.0425. The van der Waals surface area contributed by atoms with Crippen LogP contribution in [0.5, 0.6) is 0 Å². The zero-order chi connectivity index (χ0) is 12.4. The highest BCUT2D eigenvalue weighted by molar-refractivity contribution is 8.00. The van der Waals surface area contributed by atoms with E-state index in [1.165, 1.54) is 0 Å². The summed E-state index contributed by atoms with van der Waals surface area (Å²) in [4.78, 5) is 12.7. The Morgan fingerprint density at radius 3 is 2.62 bits per heavy atom. The van der Waals surface area contributed by atoms with Crippen LogP contribution in [0.1, 0.15) is 13.3 Å². The molecule has 0 aliphatic carbocycles. The molecule has 1 fully saturated rings. The van der Waals surface area contributed by atoms with Gasteiger partial charge in [0.1, 0.15) is 0 Å². The van der Waals surface area contributed by atoms with Crippen molar-refractivity contribution in [2.45, 2.75) is 18.9 Å². The Bertz CT molecular complexity index is 272. The van der Waals surface area contributed by atoms with Gasteiger partial charge in [0, 0.05) is 18.8 Å². The second kappa shape index (κ2) is 4.83. The lowest BCUT2D eigenvalue weighted by atomic mass is 9.90. The van der Waals surface area contributed by atoms with Crippen molar-refractivity contribution < 1.29 is 23.1 Å². The summed E-state index contributed by atoms with van der Waals surface area (Å²) in [5, 5.41) is 8.93. The Hall–Kier alpha value is -0.430. The molecule has 16 heavy (non-hydrogen) atoms. The highest BCUT2D eigenvalue weighted by atomic mass is 32.2. The molecule has 0 bridgehead atoms. The Morgan fingerprint density at radius 2 is 2.19 bits per heavy atom. The van der Waals surface area contributed by atoms with E-state index in [0.717, 1.165) is 0 Å². The molecule has 1 aliphatic rings. The van der Waals surface area contributed by atoms with Crippen LogP contribution in [0.15, 0.2) is 0 Å². The van der Waals surface area contributed by atoms with Gasteiger partial charge in [0.05, 0.1) is 5.41 Å². The van der Waals surface area contributed by atoms with Gasteiger partial charge in [-0.05, 0) is 31.7 Å². The molecule has 0 aromatic carbocycles. The number of nitrogens with zero attached hydrogens (tertiary/aromatic N) is 1. The summed E-state index contributed by atoms with van der Waals surface area (Å²) < 4.78 is 35.6. The summed E-state index contributed by atoms with van der Waals surface area (Å²) in [6.45, 7) is 2.81.